The summed E-state index contributed by atoms with van der Waals surface area (Å²) in [7, 11) is 0. The number of rotatable bonds is 7. The van der Waals surface area contributed by atoms with Crippen molar-refractivity contribution in [3.8, 4) is 0 Å². The highest BCUT2D eigenvalue weighted by Crippen LogP contribution is 2.15. The molecule has 0 aliphatic heterocycles. The Morgan fingerprint density at radius 3 is 2.73 bits per heavy atom. The molecule has 0 saturated heterocycles. The fourth-order valence-corrected chi connectivity index (χ4v) is 2.98. The van der Waals surface area contributed by atoms with E-state index in [1.807, 2.05) is 6.92 Å². The smallest absolute Gasteiger partial charge is 0.270 e. The number of amides is 1. The number of hydrogen-bond acceptors (Lipinski definition) is 4. The topological polar surface area (TPSA) is 62.2 Å². The monoisotopic (exact) mass is 318 g/mol. The van der Waals surface area contributed by atoms with E-state index >= 15 is 0 Å². The first-order valence-electron chi connectivity index (χ1n) is 7.54. The van der Waals surface area contributed by atoms with Crippen molar-refractivity contribution in [3.63, 3.8) is 0 Å². The number of aryl methyl sites for hydroxylation is 1. The lowest BCUT2D eigenvalue weighted by Crippen LogP contribution is -2.35. The van der Waals surface area contributed by atoms with E-state index in [-0.39, 0.29) is 18.6 Å². The first-order valence-corrected chi connectivity index (χ1v) is 8.42. The Kier molecular flexibility index (Phi) is 6.10. The normalized spacial score (nSPS) is 12.1. The van der Waals surface area contributed by atoms with Gasteiger partial charge in [0.1, 0.15) is 5.69 Å². The molecule has 4 nitrogen and oxygen atoms in total. The van der Waals surface area contributed by atoms with Crippen LogP contribution in [0.25, 0.3) is 0 Å². The lowest BCUT2D eigenvalue weighted by atomic mass is 10.1. The summed E-state index contributed by atoms with van der Waals surface area (Å²) in [4.78, 5) is 16.6. The number of nitrogens with zero attached hydrogens (tertiary/aromatic N) is 1. The molecule has 0 fully saturated rings. The molecule has 0 spiro atoms. The Morgan fingerprint density at radius 2 is 2.09 bits per heavy atom. The molecule has 2 rings (SSSR count). The van der Waals surface area contributed by atoms with Gasteiger partial charge in [0.05, 0.1) is 5.01 Å². The van der Waals surface area contributed by atoms with Gasteiger partial charge in [0, 0.05) is 24.4 Å². The van der Waals surface area contributed by atoms with E-state index in [2.05, 4.69) is 41.5 Å². The van der Waals surface area contributed by atoms with E-state index in [9.17, 15) is 4.79 Å². The van der Waals surface area contributed by atoms with Crippen molar-refractivity contribution in [1.82, 2.24) is 10.3 Å². The van der Waals surface area contributed by atoms with Crippen molar-refractivity contribution in [1.29, 1.82) is 0 Å². The van der Waals surface area contributed by atoms with Gasteiger partial charge in [-0.3, -0.25) is 4.79 Å². The van der Waals surface area contributed by atoms with Gasteiger partial charge in [-0.1, -0.05) is 36.8 Å². The van der Waals surface area contributed by atoms with Gasteiger partial charge < -0.3 is 10.4 Å². The standard InChI is InChI=1S/C17H22N2O2S/c1-3-14(8-9-20)18-17(21)15-11-22-16(19-15)10-13-6-4-12(2)5-7-13/h4-7,11,14,20H,3,8-10H2,1-2H3,(H,18,21). The second-order valence-electron chi connectivity index (χ2n) is 5.38. The lowest BCUT2D eigenvalue weighted by Gasteiger charge is -2.14. The van der Waals surface area contributed by atoms with Crippen molar-refractivity contribution in [2.45, 2.75) is 39.2 Å². The van der Waals surface area contributed by atoms with Crippen LogP contribution < -0.4 is 5.32 Å². The fourth-order valence-electron chi connectivity index (χ4n) is 2.17. The summed E-state index contributed by atoms with van der Waals surface area (Å²) in [5.41, 5.74) is 2.89. The highest BCUT2D eigenvalue weighted by atomic mass is 32.1. The molecule has 0 radical (unpaired) electrons. The Hall–Kier alpha value is -1.72. The first-order chi connectivity index (χ1) is 10.6. The van der Waals surface area contributed by atoms with E-state index in [0.29, 0.717) is 12.1 Å². The minimum Gasteiger partial charge on any atom is -0.396 e. The van der Waals surface area contributed by atoms with Crippen LogP contribution in [0.15, 0.2) is 29.6 Å². The third kappa shape index (κ3) is 4.64. The molecule has 2 N–H and O–H groups in total. The van der Waals surface area contributed by atoms with Gasteiger partial charge in [-0.2, -0.15) is 0 Å². The zero-order chi connectivity index (χ0) is 15.9. The second kappa shape index (κ2) is 8.06. The Labute approximate surface area is 135 Å². The molecule has 0 aliphatic rings. The summed E-state index contributed by atoms with van der Waals surface area (Å²) < 4.78 is 0. The predicted molar refractivity (Wildman–Crippen MR) is 89.3 cm³/mol. The third-order valence-electron chi connectivity index (χ3n) is 3.57. The second-order valence-corrected chi connectivity index (χ2v) is 6.32. The molecule has 1 unspecified atom stereocenters. The van der Waals surface area contributed by atoms with Crippen LogP contribution in [0.5, 0.6) is 0 Å². The van der Waals surface area contributed by atoms with Crippen LogP contribution in [-0.4, -0.2) is 28.6 Å². The summed E-state index contributed by atoms with van der Waals surface area (Å²) in [6.07, 6.45) is 2.11. The van der Waals surface area contributed by atoms with Crippen molar-refractivity contribution < 1.29 is 9.90 Å². The molecule has 22 heavy (non-hydrogen) atoms. The maximum absolute atomic E-state index is 12.2. The number of carbonyl (C=O) groups is 1. The average Bonchev–Trinajstić information content (AvgIpc) is 2.97. The number of carbonyl (C=O) groups excluding carboxylic acids is 1. The van der Waals surface area contributed by atoms with Crippen molar-refractivity contribution in [3.05, 3.63) is 51.5 Å². The minimum absolute atomic E-state index is 0.000233. The van der Waals surface area contributed by atoms with Crippen LogP contribution in [0.2, 0.25) is 0 Å². The third-order valence-corrected chi connectivity index (χ3v) is 4.41. The molecule has 0 aliphatic carbocycles. The highest BCUT2D eigenvalue weighted by Gasteiger charge is 2.15. The van der Waals surface area contributed by atoms with Crippen LogP contribution in [-0.2, 0) is 6.42 Å². The minimum atomic E-state index is -0.160. The van der Waals surface area contributed by atoms with E-state index in [1.54, 1.807) is 5.38 Å². The SMILES string of the molecule is CCC(CCO)NC(=O)c1csc(Cc2ccc(C)cc2)n1. The average molecular weight is 318 g/mol. The first kappa shape index (κ1) is 16.6. The number of aromatic nitrogens is 1. The van der Waals surface area contributed by atoms with Gasteiger partial charge in [0.15, 0.2) is 0 Å². The largest absolute Gasteiger partial charge is 0.396 e. The van der Waals surface area contributed by atoms with Gasteiger partial charge in [-0.25, -0.2) is 4.98 Å². The molecule has 1 atom stereocenters. The molecular formula is C17H22N2O2S. The van der Waals surface area contributed by atoms with Gasteiger partial charge >= 0.3 is 0 Å². The molecular weight excluding hydrogens is 296 g/mol. The van der Waals surface area contributed by atoms with Gasteiger partial charge in [-0.15, -0.1) is 11.3 Å². The fraction of sp³-hybridized carbons (Fsp3) is 0.412. The van der Waals surface area contributed by atoms with Crippen LogP contribution >= 0.6 is 11.3 Å². The van der Waals surface area contributed by atoms with Gasteiger partial charge in [-0.05, 0) is 25.3 Å². The van der Waals surface area contributed by atoms with Crippen LogP contribution in [0.3, 0.4) is 0 Å². The number of hydrogen-bond donors (Lipinski definition) is 2. The number of thiazole rings is 1. The van der Waals surface area contributed by atoms with Gasteiger partial charge in [0.2, 0.25) is 0 Å². The van der Waals surface area contributed by atoms with E-state index in [0.717, 1.165) is 17.8 Å². The molecule has 5 heteroatoms. The summed E-state index contributed by atoms with van der Waals surface area (Å²) in [5.74, 6) is -0.160. The number of aliphatic hydroxyl groups excluding tert-OH is 1. The summed E-state index contributed by atoms with van der Waals surface area (Å²) in [6, 6.07) is 8.34. The number of nitrogens with one attached hydrogen (secondary N) is 1. The van der Waals surface area contributed by atoms with Crippen LogP contribution in [0.1, 0.15) is 46.4 Å². The quantitative estimate of drug-likeness (QED) is 0.825. The van der Waals surface area contributed by atoms with Crippen molar-refractivity contribution in [2.75, 3.05) is 6.61 Å². The summed E-state index contributed by atoms with van der Waals surface area (Å²) >= 11 is 1.50. The molecule has 1 aromatic carbocycles. The number of benzene rings is 1. The molecule has 0 saturated carbocycles. The molecule has 118 valence electrons. The molecule has 1 aromatic heterocycles. The maximum Gasteiger partial charge on any atom is 0.270 e. The van der Waals surface area contributed by atoms with Crippen molar-refractivity contribution in [2.24, 2.45) is 0 Å². The lowest BCUT2D eigenvalue weighted by molar-refractivity contribution is 0.0924. The highest BCUT2D eigenvalue weighted by molar-refractivity contribution is 7.09. The molecule has 2 aromatic rings. The van der Waals surface area contributed by atoms with Gasteiger partial charge in [0.25, 0.3) is 5.91 Å². The summed E-state index contributed by atoms with van der Waals surface area (Å²) in [6.45, 7) is 4.13. The summed E-state index contributed by atoms with van der Waals surface area (Å²) in [5, 5.41) is 14.6. The zero-order valence-corrected chi connectivity index (χ0v) is 13.8. The van der Waals surface area contributed by atoms with E-state index in [1.165, 1.54) is 22.5 Å². The number of aliphatic hydroxyl groups is 1. The zero-order valence-electron chi connectivity index (χ0n) is 13.0. The Balaban J connectivity index is 1.98. The molecule has 1 heterocycles. The van der Waals surface area contributed by atoms with Crippen molar-refractivity contribution >= 4 is 17.2 Å². The molecule has 1 amide bonds. The molecule has 0 bridgehead atoms. The maximum atomic E-state index is 12.2. The van der Waals surface area contributed by atoms with E-state index in [4.69, 9.17) is 5.11 Å². The van der Waals surface area contributed by atoms with E-state index < -0.39 is 0 Å². The van der Waals surface area contributed by atoms with Crippen LogP contribution in [0, 0.1) is 6.92 Å². The van der Waals surface area contributed by atoms with Crippen LogP contribution in [0.4, 0.5) is 0 Å². The Morgan fingerprint density at radius 1 is 1.36 bits per heavy atom. The predicted octanol–water partition coefficient (Wildman–Crippen LogP) is 2.93. The Bertz CT molecular complexity index is 607.